The number of hydrogen-bond acceptors (Lipinski definition) is 4. The summed E-state index contributed by atoms with van der Waals surface area (Å²) in [5.41, 5.74) is 2.80. The number of carbonyl (C=O) groups is 2. The number of benzene rings is 1. The van der Waals surface area contributed by atoms with Crippen molar-refractivity contribution in [3.63, 3.8) is 0 Å². The molecule has 3 heterocycles. The van der Waals surface area contributed by atoms with Crippen molar-refractivity contribution in [3.05, 3.63) is 29.3 Å². The van der Waals surface area contributed by atoms with E-state index >= 15 is 0 Å². The lowest BCUT2D eigenvalue weighted by Crippen LogP contribution is -2.49. The van der Waals surface area contributed by atoms with E-state index < -0.39 is 11.9 Å². The Morgan fingerprint density at radius 2 is 1.92 bits per heavy atom. The molecule has 1 aromatic carbocycles. The molecule has 1 fully saturated rings. The molecule has 0 aromatic heterocycles. The maximum absolute atomic E-state index is 12.8. The Hall–Kier alpha value is -2.37. The van der Waals surface area contributed by atoms with Crippen LogP contribution in [0.4, 0.5) is 5.69 Å². The predicted molar refractivity (Wildman–Crippen MR) is 92.4 cm³/mol. The van der Waals surface area contributed by atoms with Crippen LogP contribution in [-0.4, -0.2) is 41.7 Å². The van der Waals surface area contributed by atoms with Crippen molar-refractivity contribution in [1.82, 2.24) is 4.90 Å². The van der Waals surface area contributed by atoms with Gasteiger partial charge in [0.25, 0.3) is 5.91 Å². The zero-order chi connectivity index (χ0) is 17.6. The standard InChI is InChI=1S/C19H23N3O3/c1-12-7-9-21(10-8-12)15-4-2-3-13-14(15)11-22(19(13)25)16-5-6-17(23)20-18(16)24/h2-4,12,16H,5-11H2,1H3,(H,20,23,24)/p-1. The van der Waals surface area contributed by atoms with Crippen molar-refractivity contribution in [2.75, 3.05) is 18.0 Å². The van der Waals surface area contributed by atoms with E-state index in [1.807, 2.05) is 12.1 Å². The third-order valence-corrected chi connectivity index (χ3v) is 5.62. The number of fused-ring (bicyclic) bond motifs is 1. The first-order valence-corrected chi connectivity index (χ1v) is 9.01. The molecule has 0 N–H and O–H groups in total. The van der Waals surface area contributed by atoms with E-state index in [1.165, 1.54) is 0 Å². The third-order valence-electron chi connectivity index (χ3n) is 5.62. The van der Waals surface area contributed by atoms with Crippen LogP contribution < -0.4 is 10.0 Å². The lowest BCUT2D eigenvalue weighted by Gasteiger charge is -2.35. The Bertz CT molecular complexity index is 750. The Morgan fingerprint density at radius 1 is 1.16 bits per heavy atom. The Labute approximate surface area is 147 Å². The molecule has 132 valence electrons. The molecule has 1 saturated heterocycles. The van der Waals surface area contributed by atoms with Gasteiger partial charge >= 0.3 is 0 Å². The minimum absolute atomic E-state index is 0.120. The molecule has 6 heteroatoms. The van der Waals surface area contributed by atoms with Crippen LogP contribution in [0.15, 0.2) is 23.2 Å². The number of nitrogens with zero attached hydrogens (tertiary/aromatic N) is 3. The summed E-state index contributed by atoms with van der Waals surface area (Å²) in [6.45, 7) is 4.70. The maximum Gasteiger partial charge on any atom is 0.255 e. The first-order chi connectivity index (χ1) is 12.0. The normalized spacial score (nSPS) is 24.5. The highest BCUT2D eigenvalue weighted by atomic mass is 16.3. The zero-order valence-corrected chi connectivity index (χ0v) is 14.4. The largest absolute Gasteiger partial charge is 0.860 e. The van der Waals surface area contributed by atoms with Crippen LogP contribution in [0.3, 0.4) is 0 Å². The first-order valence-electron chi connectivity index (χ1n) is 9.01. The van der Waals surface area contributed by atoms with Crippen LogP contribution in [0.2, 0.25) is 0 Å². The summed E-state index contributed by atoms with van der Waals surface area (Å²) in [5, 5.41) is 12.1. The van der Waals surface area contributed by atoms with Gasteiger partial charge in [-0.25, -0.2) is 4.99 Å². The average Bonchev–Trinajstić information content (AvgIpc) is 2.93. The number of piperidine rings is 1. The number of anilines is 1. The third kappa shape index (κ3) is 2.79. The smallest absolute Gasteiger partial charge is 0.255 e. The molecule has 3 aliphatic heterocycles. The second-order valence-electron chi connectivity index (χ2n) is 7.30. The molecule has 1 atom stereocenters. The highest BCUT2D eigenvalue weighted by Crippen LogP contribution is 2.35. The quantitative estimate of drug-likeness (QED) is 0.814. The van der Waals surface area contributed by atoms with Gasteiger partial charge in [-0.1, -0.05) is 13.0 Å². The van der Waals surface area contributed by atoms with E-state index in [2.05, 4.69) is 22.9 Å². The summed E-state index contributed by atoms with van der Waals surface area (Å²) >= 11 is 0. The van der Waals surface area contributed by atoms with Crippen molar-refractivity contribution in [3.8, 4) is 0 Å². The topological polar surface area (TPSA) is 76.0 Å². The van der Waals surface area contributed by atoms with E-state index in [4.69, 9.17) is 0 Å². The second kappa shape index (κ2) is 6.17. The number of aliphatic imine (C=N–C) groups is 1. The molecule has 1 unspecified atom stereocenters. The molecule has 0 bridgehead atoms. The van der Waals surface area contributed by atoms with Gasteiger partial charge in [-0.3, -0.25) is 9.59 Å². The van der Waals surface area contributed by atoms with Gasteiger partial charge in [-0.05, 0) is 43.2 Å². The minimum Gasteiger partial charge on any atom is -0.860 e. The van der Waals surface area contributed by atoms with Crippen LogP contribution in [0.5, 0.6) is 0 Å². The van der Waals surface area contributed by atoms with Gasteiger partial charge in [-0.15, -0.1) is 0 Å². The van der Waals surface area contributed by atoms with Gasteiger partial charge in [-0.2, -0.15) is 0 Å². The molecule has 3 aliphatic rings. The summed E-state index contributed by atoms with van der Waals surface area (Å²) in [4.78, 5) is 31.7. The van der Waals surface area contributed by atoms with Crippen molar-refractivity contribution < 1.29 is 14.7 Å². The lowest BCUT2D eigenvalue weighted by molar-refractivity contribution is -0.225. The second-order valence-corrected chi connectivity index (χ2v) is 7.30. The summed E-state index contributed by atoms with van der Waals surface area (Å²) in [5.74, 6) is -0.241. The average molecular weight is 340 g/mol. The van der Waals surface area contributed by atoms with Crippen LogP contribution in [0, 0.1) is 5.92 Å². The van der Waals surface area contributed by atoms with Crippen molar-refractivity contribution in [2.45, 2.75) is 45.2 Å². The minimum atomic E-state index is -0.605. The fraction of sp³-hybridized carbons (Fsp3) is 0.526. The SMILES string of the molecule is CC1CCN(c2cccc3c2CN(C2CCC(=O)N=C2[O-])C3=O)CC1. The number of carbonyl (C=O) groups excluding carboxylic acids is 2. The van der Waals surface area contributed by atoms with Crippen molar-refractivity contribution >= 4 is 23.4 Å². The molecular formula is C19H22N3O3-. The monoisotopic (exact) mass is 340 g/mol. The van der Waals surface area contributed by atoms with Gasteiger partial charge < -0.3 is 14.9 Å². The van der Waals surface area contributed by atoms with E-state index in [0.29, 0.717) is 18.5 Å². The molecule has 0 spiro atoms. The van der Waals surface area contributed by atoms with Crippen LogP contribution in [0.25, 0.3) is 0 Å². The van der Waals surface area contributed by atoms with Gasteiger partial charge in [0.1, 0.15) is 0 Å². The molecule has 6 nitrogen and oxygen atoms in total. The van der Waals surface area contributed by atoms with Crippen LogP contribution >= 0.6 is 0 Å². The summed E-state index contributed by atoms with van der Waals surface area (Å²) in [7, 11) is 0. The molecule has 0 saturated carbocycles. The van der Waals surface area contributed by atoms with E-state index in [0.717, 1.165) is 43.1 Å². The molecule has 0 aliphatic carbocycles. The van der Waals surface area contributed by atoms with E-state index in [1.54, 1.807) is 4.90 Å². The summed E-state index contributed by atoms with van der Waals surface area (Å²) in [6.07, 6.45) is 2.91. The van der Waals surface area contributed by atoms with Gasteiger partial charge in [0, 0.05) is 42.9 Å². The zero-order valence-electron chi connectivity index (χ0n) is 14.4. The number of rotatable bonds is 2. The highest BCUT2D eigenvalue weighted by Gasteiger charge is 2.36. The number of hydrogen-bond donors (Lipinski definition) is 0. The number of amides is 2. The fourth-order valence-electron chi connectivity index (χ4n) is 4.06. The highest BCUT2D eigenvalue weighted by molar-refractivity contribution is 6.04. The van der Waals surface area contributed by atoms with Gasteiger partial charge in [0.2, 0.25) is 5.91 Å². The molecule has 25 heavy (non-hydrogen) atoms. The van der Waals surface area contributed by atoms with Crippen molar-refractivity contribution in [2.24, 2.45) is 10.9 Å². The molecule has 2 amide bonds. The van der Waals surface area contributed by atoms with Crippen LogP contribution in [-0.2, 0) is 11.3 Å². The molecule has 1 aromatic rings. The first kappa shape index (κ1) is 16.1. The van der Waals surface area contributed by atoms with Crippen LogP contribution in [0.1, 0.15) is 48.5 Å². The van der Waals surface area contributed by atoms with Gasteiger partial charge in [0.05, 0.1) is 6.04 Å². The Kier molecular flexibility index (Phi) is 3.98. The molecule has 0 radical (unpaired) electrons. The lowest BCUT2D eigenvalue weighted by atomic mass is 9.97. The molecule has 4 rings (SSSR count). The van der Waals surface area contributed by atoms with E-state index in [9.17, 15) is 14.7 Å². The molecular weight excluding hydrogens is 318 g/mol. The Morgan fingerprint density at radius 3 is 2.64 bits per heavy atom. The maximum atomic E-state index is 12.8. The summed E-state index contributed by atoms with van der Waals surface area (Å²) in [6, 6.07) is 5.22. The Balaban J connectivity index is 1.62. The summed E-state index contributed by atoms with van der Waals surface area (Å²) < 4.78 is 0. The van der Waals surface area contributed by atoms with Crippen molar-refractivity contribution in [1.29, 1.82) is 0 Å². The van der Waals surface area contributed by atoms with Gasteiger partial charge in [0.15, 0.2) is 0 Å². The predicted octanol–water partition coefficient (Wildman–Crippen LogP) is 1.33. The fourth-order valence-corrected chi connectivity index (χ4v) is 4.06. The van der Waals surface area contributed by atoms with E-state index in [-0.39, 0.29) is 18.2 Å².